The van der Waals surface area contributed by atoms with Crippen LogP contribution in [0.5, 0.6) is 0 Å². The highest BCUT2D eigenvalue weighted by molar-refractivity contribution is 8.13. The summed E-state index contributed by atoms with van der Waals surface area (Å²) in [6, 6.07) is 11.4. The molecule has 2 fully saturated rings. The van der Waals surface area contributed by atoms with Gasteiger partial charge in [-0.25, -0.2) is 0 Å². The van der Waals surface area contributed by atoms with Crippen LogP contribution in [0.1, 0.15) is 30.6 Å². The van der Waals surface area contributed by atoms with Crippen LogP contribution in [0.2, 0.25) is 0 Å². The lowest BCUT2D eigenvalue weighted by molar-refractivity contribution is 0.308. The second kappa shape index (κ2) is 5.96. The maximum atomic E-state index is 5.67. The first-order valence-corrected chi connectivity index (χ1v) is 9.69. The molecule has 0 radical (unpaired) electrons. The lowest BCUT2D eigenvalue weighted by atomic mass is 10.0. The first-order chi connectivity index (χ1) is 11.6. The number of aryl methyl sites for hydroxylation is 1. The maximum absolute atomic E-state index is 5.67. The van der Waals surface area contributed by atoms with Gasteiger partial charge in [0.05, 0.1) is 6.04 Å². The zero-order chi connectivity index (χ0) is 16.8. The van der Waals surface area contributed by atoms with E-state index in [4.69, 9.17) is 4.52 Å². The van der Waals surface area contributed by atoms with Crippen molar-refractivity contribution >= 4 is 16.9 Å². The normalized spacial score (nSPS) is 29.0. The molecule has 4 atom stereocenters. The second-order valence-corrected chi connectivity index (χ2v) is 7.64. The molecular formula is C19H23N3OS. The van der Waals surface area contributed by atoms with Gasteiger partial charge in [0.1, 0.15) is 5.69 Å². The third-order valence-corrected chi connectivity index (χ3v) is 6.19. The van der Waals surface area contributed by atoms with E-state index in [9.17, 15) is 0 Å². The number of piperidine rings is 1. The minimum Gasteiger partial charge on any atom is -0.356 e. The zero-order valence-electron chi connectivity index (χ0n) is 14.6. The van der Waals surface area contributed by atoms with Gasteiger partial charge < -0.3 is 9.42 Å². The Kier molecular flexibility index (Phi) is 3.91. The molecule has 0 amide bonds. The quantitative estimate of drug-likeness (QED) is 0.600. The highest BCUT2D eigenvalue weighted by atomic mass is 32.2. The van der Waals surface area contributed by atoms with Crippen molar-refractivity contribution in [2.75, 3.05) is 13.3 Å². The van der Waals surface area contributed by atoms with Crippen LogP contribution in [-0.2, 0) is 0 Å². The number of nitrogens with zero attached hydrogens (tertiary/aromatic N) is 3. The second-order valence-electron chi connectivity index (χ2n) is 6.87. The molecule has 1 aliphatic heterocycles. The Balaban J connectivity index is 1.64. The van der Waals surface area contributed by atoms with Crippen LogP contribution in [-0.4, -0.2) is 34.6 Å². The summed E-state index contributed by atoms with van der Waals surface area (Å²) in [6.45, 7) is 4.43. The van der Waals surface area contributed by atoms with E-state index in [0.717, 1.165) is 40.4 Å². The Hall–Kier alpha value is -1.75. The Morgan fingerprint density at radius 1 is 1.38 bits per heavy atom. The van der Waals surface area contributed by atoms with Gasteiger partial charge in [0, 0.05) is 24.7 Å². The molecule has 126 valence electrons. The standard InChI is InChI=1S/C19H23N3OS/c1-11-6-5-7-13(8-11)17-10-15(21-23-17)16-9-14-12(2)18(14)22(16)19(20-3)24-4/h5-8,10,12,14,16,18H,9H2,1-4H3/t12-,14+,16-,18-/m1/s1. The van der Waals surface area contributed by atoms with Crippen LogP contribution < -0.4 is 0 Å². The van der Waals surface area contributed by atoms with Gasteiger partial charge in [0.25, 0.3) is 0 Å². The molecule has 5 heteroatoms. The van der Waals surface area contributed by atoms with Crippen molar-refractivity contribution in [1.29, 1.82) is 0 Å². The number of aliphatic imine (C=N–C) groups is 1. The molecule has 2 aliphatic rings. The van der Waals surface area contributed by atoms with Crippen molar-refractivity contribution < 1.29 is 4.52 Å². The number of rotatable bonds is 2. The molecule has 1 aliphatic carbocycles. The van der Waals surface area contributed by atoms with E-state index >= 15 is 0 Å². The summed E-state index contributed by atoms with van der Waals surface area (Å²) < 4.78 is 5.67. The number of likely N-dealkylation sites (tertiary alicyclic amines) is 1. The molecule has 4 nitrogen and oxygen atoms in total. The van der Waals surface area contributed by atoms with Gasteiger partial charge in [0.15, 0.2) is 10.9 Å². The zero-order valence-corrected chi connectivity index (χ0v) is 15.4. The Morgan fingerprint density at radius 2 is 2.21 bits per heavy atom. The fourth-order valence-electron chi connectivity index (χ4n) is 4.13. The molecule has 2 heterocycles. The lowest BCUT2D eigenvalue weighted by Gasteiger charge is -2.29. The topological polar surface area (TPSA) is 41.6 Å². The number of hydrogen-bond donors (Lipinski definition) is 0. The highest BCUT2D eigenvalue weighted by Gasteiger charge is 2.60. The molecule has 0 spiro atoms. The predicted molar refractivity (Wildman–Crippen MR) is 99.2 cm³/mol. The smallest absolute Gasteiger partial charge is 0.167 e. The molecule has 0 N–H and O–H groups in total. The molecule has 1 saturated heterocycles. The van der Waals surface area contributed by atoms with Crippen LogP contribution in [0.4, 0.5) is 0 Å². The number of aromatic nitrogens is 1. The van der Waals surface area contributed by atoms with Gasteiger partial charge in [-0.05, 0) is 37.5 Å². The fraction of sp³-hybridized carbons (Fsp3) is 0.474. The summed E-state index contributed by atoms with van der Waals surface area (Å²) in [5, 5.41) is 5.51. The van der Waals surface area contributed by atoms with Gasteiger partial charge >= 0.3 is 0 Å². The van der Waals surface area contributed by atoms with E-state index in [0.29, 0.717) is 6.04 Å². The summed E-state index contributed by atoms with van der Waals surface area (Å²) in [4.78, 5) is 6.97. The fourth-order valence-corrected chi connectivity index (χ4v) is 4.77. The van der Waals surface area contributed by atoms with E-state index in [1.54, 1.807) is 11.8 Å². The van der Waals surface area contributed by atoms with Crippen LogP contribution in [0.3, 0.4) is 0 Å². The van der Waals surface area contributed by atoms with Crippen LogP contribution >= 0.6 is 11.8 Å². The predicted octanol–water partition coefficient (Wildman–Crippen LogP) is 4.38. The molecule has 24 heavy (non-hydrogen) atoms. The molecule has 1 aromatic carbocycles. The lowest BCUT2D eigenvalue weighted by Crippen LogP contribution is -2.33. The summed E-state index contributed by atoms with van der Waals surface area (Å²) >= 11 is 1.72. The minimum atomic E-state index is 0.282. The van der Waals surface area contributed by atoms with Crippen LogP contribution in [0.25, 0.3) is 11.3 Å². The first kappa shape index (κ1) is 15.8. The summed E-state index contributed by atoms with van der Waals surface area (Å²) in [7, 11) is 1.88. The maximum Gasteiger partial charge on any atom is 0.167 e. The Morgan fingerprint density at radius 3 is 2.92 bits per heavy atom. The van der Waals surface area contributed by atoms with E-state index in [-0.39, 0.29) is 6.04 Å². The van der Waals surface area contributed by atoms with Crippen molar-refractivity contribution in [3.63, 3.8) is 0 Å². The average molecular weight is 341 g/mol. The van der Waals surface area contributed by atoms with E-state index in [1.165, 1.54) is 5.56 Å². The van der Waals surface area contributed by atoms with Gasteiger partial charge in [-0.2, -0.15) is 0 Å². The first-order valence-electron chi connectivity index (χ1n) is 8.46. The Labute approximate surface area is 147 Å². The summed E-state index contributed by atoms with van der Waals surface area (Å²) in [5.74, 6) is 2.37. The molecule has 0 bridgehead atoms. The largest absolute Gasteiger partial charge is 0.356 e. The number of benzene rings is 1. The van der Waals surface area contributed by atoms with E-state index < -0.39 is 0 Å². The molecule has 0 unspecified atom stereocenters. The number of hydrogen-bond acceptors (Lipinski definition) is 4. The minimum absolute atomic E-state index is 0.282. The van der Waals surface area contributed by atoms with Gasteiger partial charge in [-0.3, -0.25) is 4.99 Å². The monoisotopic (exact) mass is 341 g/mol. The van der Waals surface area contributed by atoms with Crippen LogP contribution in [0, 0.1) is 18.8 Å². The summed E-state index contributed by atoms with van der Waals surface area (Å²) in [5.41, 5.74) is 3.35. The number of fused-ring (bicyclic) bond motifs is 1. The van der Waals surface area contributed by atoms with Crippen molar-refractivity contribution in [3.05, 3.63) is 41.6 Å². The number of amidine groups is 1. The van der Waals surface area contributed by atoms with Gasteiger partial charge in [-0.15, -0.1) is 0 Å². The molecule has 2 aromatic rings. The molecule has 1 saturated carbocycles. The van der Waals surface area contributed by atoms with E-state index in [1.807, 2.05) is 7.05 Å². The highest BCUT2D eigenvalue weighted by Crippen LogP contribution is 2.58. The molecule has 4 rings (SSSR count). The SMILES string of the molecule is CN=C(SC)N1[C@@H]2[C@H](C)[C@@H]2C[C@@H]1c1cc(-c2cccc(C)c2)on1. The summed E-state index contributed by atoms with van der Waals surface area (Å²) in [6.07, 6.45) is 3.24. The molecule has 1 aromatic heterocycles. The third-order valence-electron chi connectivity index (χ3n) is 5.43. The van der Waals surface area contributed by atoms with Crippen molar-refractivity contribution in [1.82, 2.24) is 10.1 Å². The Bertz CT molecular complexity index is 784. The van der Waals surface area contributed by atoms with Gasteiger partial charge in [0.2, 0.25) is 0 Å². The van der Waals surface area contributed by atoms with Crippen molar-refractivity contribution in [2.45, 2.75) is 32.4 Å². The van der Waals surface area contributed by atoms with Crippen molar-refractivity contribution in [2.24, 2.45) is 16.8 Å². The number of thioether (sulfide) groups is 1. The molecular weight excluding hydrogens is 318 g/mol. The third kappa shape index (κ3) is 2.46. The average Bonchev–Trinajstić information content (AvgIpc) is 2.99. The van der Waals surface area contributed by atoms with Crippen LogP contribution in [0.15, 0.2) is 39.8 Å². The van der Waals surface area contributed by atoms with Gasteiger partial charge in [-0.1, -0.05) is 47.6 Å². The van der Waals surface area contributed by atoms with Crippen molar-refractivity contribution in [3.8, 4) is 11.3 Å². The van der Waals surface area contributed by atoms with E-state index in [2.05, 4.69) is 65.5 Å².